The smallest absolute Gasteiger partial charge is 0.159 e. The lowest BCUT2D eigenvalue weighted by atomic mass is 9.96. The van der Waals surface area contributed by atoms with Crippen LogP contribution in [0.15, 0.2) is 186 Å². The van der Waals surface area contributed by atoms with Gasteiger partial charge in [0, 0.05) is 32.9 Å². The fraction of sp³-hybridized carbons (Fsp3) is 0. The van der Waals surface area contributed by atoms with E-state index in [1.165, 1.54) is 48.6 Å². The highest BCUT2D eigenvalue weighted by atomic mass is 16.3. The first-order chi connectivity index (χ1) is 25.3. The summed E-state index contributed by atoms with van der Waals surface area (Å²) in [5.41, 5.74) is 8.37. The van der Waals surface area contributed by atoms with Gasteiger partial charge in [-0.25, -0.2) is 0 Å². The van der Waals surface area contributed by atoms with Crippen LogP contribution in [0.2, 0.25) is 0 Å². The minimum absolute atomic E-state index is 0.867. The summed E-state index contributed by atoms with van der Waals surface area (Å²) in [6.45, 7) is 0. The van der Waals surface area contributed by atoms with Gasteiger partial charge in [0.2, 0.25) is 0 Å². The summed E-state index contributed by atoms with van der Waals surface area (Å²) in [6.07, 6.45) is 0. The van der Waals surface area contributed by atoms with Crippen molar-refractivity contribution in [1.29, 1.82) is 0 Å². The number of hydrogen-bond donors (Lipinski definition) is 0. The SMILES string of the molecule is c1ccc(-n2c3ccccc3c3c(N(c4ccc5ccc6c7ccccc7ccc6c5c4)c4cccc5c4oc4ccccc45)cccc32)cc1. The molecule has 238 valence electrons. The van der Waals surface area contributed by atoms with Crippen LogP contribution in [0, 0.1) is 0 Å². The van der Waals surface area contributed by atoms with E-state index in [2.05, 4.69) is 185 Å². The monoisotopic (exact) mass is 650 g/mol. The van der Waals surface area contributed by atoms with E-state index in [-0.39, 0.29) is 0 Å². The molecule has 0 amide bonds. The number of furan rings is 1. The first-order valence-corrected chi connectivity index (χ1v) is 17.4. The van der Waals surface area contributed by atoms with Gasteiger partial charge in [-0.1, -0.05) is 127 Å². The summed E-state index contributed by atoms with van der Waals surface area (Å²) < 4.78 is 9.12. The van der Waals surface area contributed by atoms with Crippen LogP contribution in [0.1, 0.15) is 0 Å². The number of anilines is 3. The minimum Gasteiger partial charge on any atom is -0.454 e. The number of hydrogen-bond acceptors (Lipinski definition) is 2. The van der Waals surface area contributed by atoms with Crippen LogP contribution < -0.4 is 4.90 Å². The van der Waals surface area contributed by atoms with Crippen LogP contribution in [0.25, 0.3) is 81.7 Å². The number of aromatic nitrogens is 1. The molecule has 11 aromatic rings. The van der Waals surface area contributed by atoms with Crippen molar-refractivity contribution < 1.29 is 4.42 Å². The molecule has 0 unspecified atom stereocenters. The van der Waals surface area contributed by atoms with Crippen LogP contribution in [-0.2, 0) is 0 Å². The Morgan fingerprint density at radius 2 is 1.02 bits per heavy atom. The maximum absolute atomic E-state index is 6.74. The molecule has 2 aromatic heterocycles. The number of nitrogens with zero attached hydrogens (tertiary/aromatic N) is 2. The summed E-state index contributed by atoms with van der Waals surface area (Å²) >= 11 is 0. The van der Waals surface area contributed by atoms with Gasteiger partial charge in [0.25, 0.3) is 0 Å². The average molecular weight is 651 g/mol. The number of benzene rings is 9. The Morgan fingerprint density at radius 3 is 1.90 bits per heavy atom. The third-order valence-electron chi connectivity index (χ3n) is 10.5. The van der Waals surface area contributed by atoms with Gasteiger partial charge >= 0.3 is 0 Å². The lowest BCUT2D eigenvalue weighted by molar-refractivity contribution is 0.669. The third kappa shape index (κ3) is 4.12. The van der Waals surface area contributed by atoms with Gasteiger partial charge < -0.3 is 13.9 Å². The molecule has 0 spiro atoms. The van der Waals surface area contributed by atoms with Crippen molar-refractivity contribution in [3.8, 4) is 5.69 Å². The van der Waals surface area contributed by atoms with Crippen LogP contribution >= 0.6 is 0 Å². The molecule has 9 aromatic carbocycles. The first kappa shape index (κ1) is 28.0. The Morgan fingerprint density at radius 1 is 0.392 bits per heavy atom. The van der Waals surface area contributed by atoms with Gasteiger partial charge in [0.05, 0.1) is 22.4 Å². The maximum atomic E-state index is 6.74. The Bertz CT molecular complexity index is 3150. The summed E-state index contributed by atoms with van der Waals surface area (Å²) in [5.74, 6) is 0. The topological polar surface area (TPSA) is 21.3 Å². The van der Waals surface area contributed by atoms with E-state index in [0.717, 1.165) is 50.2 Å². The van der Waals surface area contributed by atoms with E-state index in [0.29, 0.717) is 0 Å². The zero-order chi connectivity index (χ0) is 33.5. The number of rotatable bonds is 4. The zero-order valence-corrected chi connectivity index (χ0v) is 27.6. The van der Waals surface area contributed by atoms with Crippen molar-refractivity contribution in [1.82, 2.24) is 4.57 Å². The molecule has 0 saturated heterocycles. The third-order valence-corrected chi connectivity index (χ3v) is 10.5. The maximum Gasteiger partial charge on any atom is 0.159 e. The highest BCUT2D eigenvalue weighted by molar-refractivity contribution is 6.20. The summed E-state index contributed by atoms with van der Waals surface area (Å²) in [5, 5.41) is 12.1. The molecule has 0 saturated carbocycles. The van der Waals surface area contributed by atoms with Gasteiger partial charge in [-0.2, -0.15) is 0 Å². The van der Waals surface area contributed by atoms with Crippen LogP contribution in [-0.4, -0.2) is 4.57 Å². The summed E-state index contributed by atoms with van der Waals surface area (Å²) in [4.78, 5) is 2.41. The molecule has 0 bridgehead atoms. The zero-order valence-electron chi connectivity index (χ0n) is 27.6. The van der Waals surface area contributed by atoms with Crippen LogP contribution in [0.5, 0.6) is 0 Å². The second kappa shape index (κ2) is 10.8. The Labute approximate surface area is 293 Å². The molecular formula is C48H30N2O. The second-order valence-corrected chi connectivity index (χ2v) is 13.3. The molecule has 3 heteroatoms. The van der Waals surface area contributed by atoms with Crippen LogP contribution in [0.4, 0.5) is 17.1 Å². The lowest BCUT2D eigenvalue weighted by Gasteiger charge is -2.27. The van der Waals surface area contributed by atoms with Gasteiger partial charge in [0.15, 0.2) is 5.58 Å². The Balaban J connectivity index is 1.26. The van der Waals surface area contributed by atoms with E-state index in [9.17, 15) is 0 Å². The normalized spacial score (nSPS) is 11.9. The molecule has 3 nitrogen and oxygen atoms in total. The van der Waals surface area contributed by atoms with Crippen molar-refractivity contribution >= 4 is 93.1 Å². The molecule has 51 heavy (non-hydrogen) atoms. The largest absolute Gasteiger partial charge is 0.454 e. The summed E-state index contributed by atoms with van der Waals surface area (Å²) in [6, 6.07) is 65.5. The fourth-order valence-corrected chi connectivity index (χ4v) is 8.30. The van der Waals surface area contributed by atoms with E-state index >= 15 is 0 Å². The predicted molar refractivity (Wildman–Crippen MR) is 215 cm³/mol. The van der Waals surface area contributed by atoms with E-state index in [4.69, 9.17) is 4.42 Å². The van der Waals surface area contributed by atoms with Gasteiger partial charge in [0.1, 0.15) is 5.58 Å². The molecule has 0 radical (unpaired) electrons. The standard InChI is InChI=1S/C48H30N2O/c1-2-13-33(14-3-1)49-42-19-8-6-17-40(42)47-43(49)20-11-21-44(47)50(45-22-10-18-39-38-16-7-9-23-46(38)51-48(39)45)34-27-24-32-26-28-36-35-15-5-4-12-31(35)25-29-37(36)41(32)30-34/h1-30H. The molecule has 0 fully saturated rings. The van der Waals surface area contributed by atoms with Crippen molar-refractivity contribution in [2.24, 2.45) is 0 Å². The molecular weight excluding hydrogens is 621 g/mol. The first-order valence-electron chi connectivity index (χ1n) is 17.4. The van der Waals surface area contributed by atoms with Crippen LogP contribution in [0.3, 0.4) is 0 Å². The van der Waals surface area contributed by atoms with Crippen molar-refractivity contribution in [3.63, 3.8) is 0 Å². The Hall–Kier alpha value is -6.84. The molecule has 2 heterocycles. The Kier molecular flexibility index (Phi) is 5.96. The predicted octanol–water partition coefficient (Wildman–Crippen LogP) is 13.6. The number of para-hydroxylation sites is 4. The molecule has 0 N–H and O–H groups in total. The quantitative estimate of drug-likeness (QED) is 0.177. The number of fused-ring (bicyclic) bond motifs is 11. The van der Waals surface area contributed by atoms with Crippen molar-refractivity contribution in [2.45, 2.75) is 0 Å². The van der Waals surface area contributed by atoms with E-state index < -0.39 is 0 Å². The van der Waals surface area contributed by atoms with Crippen molar-refractivity contribution in [3.05, 3.63) is 182 Å². The van der Waals surface area contributed by atoms with Gasteiger partial charge in [-0.05, 0) is 86.9 Å². The molecule has 0 aliphatic rings. The molecule has 11 rings (SSSR count). The van der Waals surface area contributed by atoms with E-state index in [1.807, 2.05) is 6.07 Å². The summed E-state index contributed by atoms with van der Waals surface area (Å²) in [7, 11) is 0. The van der Waals surface area contributed by atoms with Gasteiger partial charge in [-0.3, -0.25) is 0 Å². The fourth-order valence-electron chi connectivity index (χ4n) is 8.30. The molecule has 0 aliphatic heterocycles. The lowest BCUT2D eigenvalue weighted by Crippen LogP contribution is -2.11. The molecule has 0 aliphatic carbocycles. The second-order valence-electron chi connectivity index (χ2n) is 13.3. The minimum atomic E-state index is 0.867. The molecule has 0 atom stereocenters. The van der Waals surface area contributed by atoms with Crippen molar-refractivity contribution in [2.75, 3.05) is 4.90 Å². The highest BCUT2D eigenvalue weighted by Crippen LogP contribution is 2.47. The highest BCUT2D eigenvalue weighted by Gasteiger charge is 2.24. The van der Waals surface area contributed by atoms with Gasteiger partial charge in [-0.15, -0.1) is 0 Å². The van der Waals surface area contributed by atoms with E-state index in [1.54, 1.807) is 0 Å². The average Bonchev–Trinajstić information content (AvgIpc) is 3.75.